The fourth-order valence-corrected chi connectivity index (χ4v) is 6.59. The molecule has 1 aliphatic carbocycles. The largest absolute Gasteiger partial charge is 0.495 e. The number of aromatic nitrogens is 2. The minimum Gasteiger partial charge on any atom is -0.399 e. The average Bonchev–Trinajstić information content (AvgIpc) is 3.65. The number of aryl methyl sites for hydroxylation is 1. The smallest absolute Gasteiger partial charge is 0.399 e. The molecule has 2 fully saturated rings. The van der Waals surface area contributed by atoms with Gasteiger partial charge in [0.15, 0.2) is 0 Å². The van der Waals surface area contributed by atoms with Crippen LogP contribution in [-0.2, 0) is 25.9 Å². The number of nitrogens with two attached hydrogens (primary N) is 1. The number of primary amides is 1. The number of sulfonamides is 1. The molecule has 1 saturated heterocycles. The van der Waals surface area contributed by atoms with E-state index in [1.54, 1.807) is 6.20 Å². The molecule has 1 aliphatic heterocycles. The van der Waals surface area contributed by atoms with Crippen LogP contribution in [0.1, 0.15) is 73.5 Å². The molecule has 0 unspecified atom stereocenters. The van der Waals surface area contributed by atoms with Crippen molar-refractivity contribution in [3.63, 3.8) is 0 Å². The van der Waals surface area contributed by atoms with Crippen LogP contribution in [0.15, 0.2) is 54.7 Å². The van der Waals surface area contributed by atoms with E-state index >= 15 is 0 Å². The van der Waals surface area contributed by atoms with Gasteiger partial charge < -0.3 is 15.0 Å². The summed E-state index contributed by atoms with van der Waals surface area (Å²) in [4.78, 5) is 12.6. The summed E-state index contributed by atoms with van der Waals surface area (Å²) in [5.74, 6) is -0.956. The molecule has 44 heavy (non-hydrogen) atoms. The molecule has 1 amide bonds. The number of amides is 1. The summed E-state index contributed by atoms with van der Waals surface area (Å²) >= 11 is 0. The van der Waals surface area contributed by atoms with Gasteiger partial charge in [0.25, 0.3) is 5.91 Å². The SMILES string of the molecule is Cc1cc(CN(c2cn3nc(-c4ccc(F)cc4)c(C(N)=O)c3cc2C2CC2)S(C)(=O)=O)ccc1B1OC(C)(C)C(C)(C)O1. The monoisotopic (exact) mass is 618 g/mol. The Labute approximate surface area is 257 Å². The van der Waals surface area contributed by atoms with E-state index in [0.717, 1.165) is 35.0 Å². The fourth-order valence-electron chi connectivity index (χ4n) is 5.70. The Bertz CT molecular complexity index is 1890. The summed E-state index contributed by atoms with van der Waals surface area (Å²) in [6, 6.07) is 13.2. The number of pyridine rings is 1. The molecule has 2 aromatic heterocycles. The number of benzene rings is 2. The second-order valence-electron chi connectivity index (χ2n) is 12.9. The molecule has 3 heterocycles. The number of fused-ring (bicyclic) bond motifs is 1. The lowest BCUT2D eigenvalue weighted by Crippen LogP contribution is -2.41. The maximum atomic E-state index is 13.6. The van der Waals surface area contributed by atoms with Gasteiger partial charge in [0.1, 0.15) is 11.5 Å². The van der Waals surface area contributed by atoms with Crippen LogP contribution in [0.4, 0.5) is 10.1 Å². The Hall–Kier alpha value is -3.74. The number of carbonyl (C=O) groups is 1. The van der Waals surface area contributed by atoms with Crippen molar-refractivity contribution in [2.45, 2.75) is 71.1 Å². The Morgan fingerprint density at radius 2 is 1.73 bits per heavy atom. The standard InChI is InChI=1S/C32H36BFN4O5S/c1-19-15-20(7-14-25(19)33-42-31(2,3)32(4,5)43-33)17-38(44(6,40)41)27-18-37-26(16-24(27)21-8-9-21)28(30(35)39)29(36-37)22-10-12-23(34)13-11-22/h7,10-16,18,21H,8-9,17H2,1-6H3,(H2,35,39). The number of hydrogen-bond acceptors (Lipinski definition) is 6. The van der Waals surface area contributed by atoms with Gasteiger partial charge in [-0.15, -0.1) is 0 Å². The molecule has 0 spiro atoms. The van der Waals surface area contributed by atoms with E-state index in [-0.39, 0.29) is 18.0 Å². The van der Waals surface area contributed by atoms with E-state index in [1.165, 1.54) is 39.3 Å². The van der Waals surface area contributed by atoms with E-state index in [0.29, 0.717) is 22.5 Å². The molecule has 2 N–H and O–H groups in total. The zero-order chi connectivity index (χ0) is 31.8. The van der Waals surface area contributed by atoms with Crippen LogP contribution < -0.4 is 15.5 Å². The van der Waals surface area contributed by atoms with Crippen molar-refractivity contribution in [3.05, 3.63) is 82.8 Å². The number of halogens is 1. The summed E-state index contributed by atoms with van der Waals surface area (Å²) < 4.78 is 55.7. The molecule has 2 aromatic carbocycles. The summed E-state index contributed by atoms with van der Waals surface area (Å²) in [5, 5.41) is 4.62. The molecule has 230 valence electrons. The van der Waals surface area contributed by atoms with Crippen LogP contribution >= 0.6 is 0 Å². The quantitative estimate of drug-likeness (QED) is 0.287. The normalized spacial score (nSPS) is 17.8. The number of carbonyl (C=O) groups excluding carboxylic acids is 1. The number of hydrogen-bond donors (Lipinski definition) is 1. The van der Waals surface area contributed by atoms with Crippen LogP contribution in [0, 0.1) is 12.7 Å². The number of rotatable bonds is 8. The molecule has 0 bridgehead atoms. The number of nitrogens with zero attached hydrogens (tertiary/aromatic N) is 3. The predicted octanol–water partition coefficient (Wildman–Crippen LogP) is 4.69. The van der Waals surface area contributed by atoms with Crippen LogP contribution in [0.5, 0.6) is 0 Å². The molecule has 4 aromatic rings. The van der Waals surface area contributed by atoms with E-state index in [1.807, 2.05) is 58.9 Å². The molecule has 0 atom stereocenters. The van der Waals surface area contributed by atoms with Gasteiger partial charge in [0.2, 0.25) is 10.0 Å². The van der Waals surface area contributed by atoms with Crippen molar-refractivity contribution in [1.29, 1.82) is 0 Å². The molecule has 2 aliphatic rings. The summed E-state index contributed by atoms with van der Waals surface area (Å²) in [6.45, 7) is 10.1. The van der Waals surface area contributed by atoms with E-state index in [2.05, 4.69) is 5.10 Å². The third kappa shape index (κ3) is 5.39. The van der Waals surface area contributed by atoms with Crippen LogP contribution in [0.25, 0.3) is 16.8 Å². The van der Waals surface area contributed by atoms with E-state index < -0.39 is 40.1 Å². The molecular formula is C32H36BFN4O5S. The maximum Gasteiger partial charge on any atom is 0.495 e. The highest BCUT2D eigenvalue weighted by atomic mass is 32.2. The minimum absolute atomic E-state index is 0.0866. The van der Waals surface area contributed by atoms with Crippen molar-refractivity contribution < 1.29 is 26.9 Å². The van der Waals surface area contributed by atoms with Crippen LogP contribution in [0.3, 0.4) is 0 Å². The maximum absolute atomic E-state index is 13.6. The van der Waals surface area contributed by atoms with Crippen molar-refractivity contribution in [2.24, 2.45) is 5.73 Å². The zero-order valence-corrected chi connectivity index (χ0v) is 26.5. The highest BCUT2D eigenvalue weighted by molar-refractivity contribution is 7.92. The lowest BCUT2D eigenvalue weighted by atomic mass is 9.76. The first-order valence-corrected chi connectivity index (χ1v) is 16.5. The van der Waals surface area contributed by atoms with Crippen molar-refractivity contribution in [2.75, 3.05) is 10.6 Å². The Kier molecular flexibility index (Phi) is 7.18. The zero-order valence-electron chi connectivity index (χ0n) is 25.7. The fraction of sp³-hybridized carbons (Fsp3) is 0.375. The molecule has 9 nitrogen and oxygen atoms in total. The van der Waals surface area contributed by atoms with Crippen LogP contribution in [0.2, 0.25) is 0 Å². The summed E-state index contributed by atoms with van der Waals surface area (Å²) in [5.41, 5.74) is 10.2. The number of anilines is 1. The Balaban J connectivity index is 1.42. The average molecular weight is 619 g/mol. The lowest BCUT2D eigenvalue weighted by Gasteiger charge is -2.32. The first-order valence-electron chi connectivity index (χ1n) is 14.6. The van der Waals surface area contributed by atoms with Gasteiger partial charge in [0.05, 0.1) is 47.0 Å². The van der Waals surface area contributed by atoms with Gasteiger partial charge >= 0.3 is 7.12 Å². The van der Waals surface area contributed by atoms with Gasteiger partial charge in [-0.25, -0.2) is 17.3 Å². The minimum atomic E-state index is -3.75. The Morgan fingerprint density at radius 3 is 2.27 bits per heavy atom. The summed E-state index contributed by atoms with van der Waals surface area (Å²) in [6.07, 6.45) is 4.62. The van der Waals surface area contributed by atoms with Gasteiger partial charge in [-0.3, -0.25) is 9.10 Å². The molecule has 12 heteroatoms. The lowest BCUT2D eigenvalue weighted by molar-refractivity contribution is 0.00578. The van der Waals surface area contributed by atoms with Gasteiger partial charge in [-0.05, 0) is 100 Å². The molecule has 6 rings (SSSR count). The summed E-state index contributed by atoms with van der Waals surface area (Å²) in [7, 11) is -4.28. The predicted molar refractivity (Wildman–Crippen MR) is 169 cm³/mol. The topological polar surface area (TPSA) is 116 Å². The van der Waals surface area contributed by atoms with E-state index in [9.17, 15) is 17.6 Å². The van der Waals surface area contributed by atoms with Gasteiger partial charge in [-0.1, -0.05) is 23.8 Å². The highest BCUT2D eigenvalue weighted by Gasteiger charge is 2.52. The Morgan fingerprint density at radius 1 is 1.09 bits per heavy atom. The van der Waals surface area contributed by atoms with Gasteiger partial charge in [-0.2, -0.15) is 5.10 Å². The third-order valence-corrected chi connectivity index (χ3v) is 10.1. The third-order valence-electron chi connectivity index (χ3n) is 9.00. The molecule has 0 radical (unpaired) electrons. The van der Waals surface area contributed by atoms with Crippen molar-refractivity contribution in [1.82, 2.24) is 9.61 Å². The second kappa shape index (κ2) is 10.4. The van der Waals surface area contributed by atoms with Crippen molar-refractivity contribution >= 4 is 39.7 Å². The van der Waals surface area contributed by atoms with Gasteiger partial charge in [0, 0.05) is 5.56 Å². The first-order chi connectivity index (χ1) is 20.6. The van der Waals surface area contributed by atoms with E-state index in [4.69, 9.17) is 15.0 Å². The second-order valence-corrected chi connectivity index (χ2v) is 14.8. The molecule has 1 saturated carbocycles. The van der Waals surface area contributed by atoms with Crippen LogP contribution in [-0.4, -0.2) is 48.5 Å². The first kappa shape index (κ1) is 30.3. The molecular weight excluding hydrogens is 582 g/mol. The highest BCUT2D eigenvalue weighted by Crippen LogP contribution is 2.46. The van der Waals surface area contributed by atoms with Crippen molar-refractivity contribution in [3.8, 4) is 11.3 Å².